The molecule has 1 aliphatic carbocycles. The predicted octanol–water partition coefficient (Wildman–Crippen LogP) is 1.49. The highest BCUT2D eigenvalue weighted by Gasteiger charge is 2.32. The van der Waals surface area contributed by atoms with Crippen molar-refractivity contribution >= 4 is 5.91 Å². The lowest BCUT2D eigenvalue weighted by molar-refractivity contribution is 0.0925. The molecular formula is C16H19FN4O2. The molecule has 1 unspecified atom stereocenters. The molecule has 0 spiro atoms. The zero-order chi connectivity index (χ0) is 16.6. The Morgan fingerprint density at radius 3 is 2.91 bits per heavy atom. The monoisotopic (exact) mass is 318 g/mol. The van der Waals surface area contributed by atoms with Gasteiger partial charge in [0.25, 0.3) is 5.91 Å². The number of carbonyl (C=O) groups is 1. The number of rotatable bonds is 5. The number of nitrogens with one attached hydrogen (secondary N) is 1. The van der Waals surface area contributed by atoms with Crippen LogP contribution in [0, 0.1) is 18.7 Å². The van der Waals surface area contributed by atoms with Gasteiger partial charge >= 0.3 is 0 Å². The van der Waals surface area contributed by atoms with Crippen molar-refractivity contribution in [3.63, 3.8) is 0 Å². The van der Waals surface area contributed by atoms with E-state index >= 15 is 0 Å². The second-order valence-electron chi connectivity index (χ2n) is 5.89. The summed E-state index contributed by atoms with van der Waals surface area (Å²) < 4.78 is 14.6. The zero-order valence-electron chi connectivity index (χ0n) is 12.8. The van der Waals surface area contributed by atoms with Gasteiger partial charge in [-0.3, -0.25) is 4.79 Å². The minimum absolute atomic E-state index is 0.0622. The van der Waals surface area contributed by atoms with E-state index in [1.54, 1.807) is 13.0 Å². The van der Waals surface area contributed by atoms with Crippen molar-refractivity contribution in [3.05, 3.63) is 41.5 Å². The fraction of sp³-hybridized carbons (Fsp3) is 0.375. The van der Waals surface area contributed by atoms with Gasteiger partial charge in [0.1, 0.15) is 5.82 Å². The Hall–Kier alpha value is -2.41. The summed E-state index contributed by atoms with van der Waals surface area (Å²) >= 11 is 0. The highest BCUT2D eigenvalue weighted by Crippen LogP contribution is 2.32. The summed E-state index contributed by atoms with van der Waals surface area (Å²) in [6.07, 6.45) is 3.44. The summed E-state index contributed by atoms with van der Waals surface area (Å²) in [7, 11) is 0. The molecule has 2 aromatic rings. The number of aromatic nitrogens is 2. The molecule has 0 bridgehead atoms. The Kier molecular flexibility index (Phi) is 4.04. The topological polar surface area (TPSA) is 93.2 Å². The van der Waals surface area contributed by atoms with E-state index < -0.39 is 5.91 Å². The van der Waals surface area contributed by atoms with Crippen LogP contribution in [0.15, 0.2) is 24.4 Å². The Morgan fingerprint density at radius 1 is 1.57 bits per heavy atom. The lowest BCUT2D eigenvalue weighted by Crippen LogP contribution is -2.41. The van der Waals surface area contributed by atoms with E-state index in [0.717, 1.165) is 12.8 Å². The average Bonchev–Trinajstić information content (AvgIpc) is 3.27. The first kappa shape index (κ1) is 15.5. The third kappa shape index (κ3) is 3.19. The maximum atomic E-state index is 13.2. The second-order valence-corrected chi connectivity index (χ2v) is 5.89. The maximum absolute atomic E-state index is 13.2. The Morgan fingerprint density at radius 2 is 2.30 bits per heavy atom. The standard InChI is InChI=1S/C16H19FN4O2/c1-9-6-11(17)4-5-13(9)21-8-14(22)15(20-21)16(23)19-12(7-18)10-2-3-10/h4-6,8,10,12,22H,2-3,7,18H2,1H3,(H,19,23). The lowest BCUT2D eigenvalue weighted by Gasteiger charge is -2.14. The van der Waals surface area contributed by atoms with Crippen molar-refractivity contribution in [2.75, 3.05) is 6.54 Å². The van der Waals surface area contributed by atoms with Gasteiger partial charge in [-0.25, -0.2) is 9.07 Å². The molecule has 3 rings (SSSR count). The van der Waals surface area contributed by atoms with Crippen molar-refractivity contribution in [2.45, 2.75) is 25.8 Å². The SMILES string of the molecule is Cc1cc(F)ccc1-n1cc(O)c(C(=O)NC(CN)C2CC2)n1. The van der Waals surface area contributed by atoms with E-state index in [2.05, 4.69) is 10.4 Å². The summed E-state index contributed by atoms with van der Waals surface area (Å²) in [5, 5.41) is 16.9. The first-order valence-electron chi connectivity index (χ1n) is 7.55. The summed E-state index contributed by atoms with van der Waals surface area (Å²) in [4.78, 5) is 12.3. The van der Waals surface area contributed by atoms with Crippen molar-refractivity contribution in [3.8, 4) is 11.4 Å². The molecule has 1 aromatic carbocycles. The smallest absolute Gasteiger partial charge is 0.275 e. The number of nitrogens with two attached hydrogens (primary N) is 1. The van der Waals surface area contributed by atoms with Crippen LogP contribution in [0.25, 0.3) is 5.69 Å². The predicted molar refractivity (Wildman–Crippen MR) is 83.0 cm³/mol. The largest absolute Gasteiger partial charge is 0.504 e. The number of hydrogen-bond acceptors (Lipinski definition) is 4. The molecule has 1 saturated carbocycles. The van der Waals surface area contributed by atoms with Crippen molar-refractivity contribution in [1.29, 1.82) is 0 Å². The number of aryl methyl sites for hydroxylation is 1. The van der Waals surface area contributed by atoms with Crippen LogP contribution in [0.1, 0.15) is 28.9 Å². The highest BCUT2D eigenvalue weighted by molar-refractivity contribution is 5.95. The Balaban J connectivity index is 1.84. The van der Waals surface area contributed by atoms with E-state index in [-0.39, 0.29) is 23.3 Å². The second kappa shape index (κ2) is 6.00. The molecule has 1 atom stereocenters. The number of carbonyl (C=O) groups excluding carboxylic acids is 1. The zero-order valence-corrected chi connectivity index (χ0v) is 12.8. The van der Waals surface area contributed by atoms with Gasteiger partial charge in [-0.15, -0.1) is 0 Å². The van der Waals surface area contributed by atoms with E-state index in [9.17, 15) is 14.3 Å². The van der Waals surface area contributed by atoms with Gasteiger partial charge in [0, 0.05) is 12.6 Å². The minimum Gasteiger partial charge on any atom is -0.504 e. The lowest BCUT2D eigenvalue weighted by atomic mass is 10.2. The molecule has 1 heterocycles. The minimum atomic E-state index is -0.455. The molecule has 7 heteroatoms. The van der Waals surface area contributed by atoms with Crippen LogP contribution < -0.4 is 11.1 Å². The highest BCUT2D eigenvalue weighted by atomic mass is 19.1. The van der Waals surface area contributed by atoms with Gasteiger partial charge in [-0.2, -0.15) is 5.10 Å². The van der Waals surface area contributed by atoms with Gasteiger partial charge in [0.15, 0.2) is 11.4 Å². The molecular weight excluding hydrogens is 299 g/mol. The van der Waals surface area contributed by atoms with Crippen LogP contribution >= 0.6 is 0 Å². The normalized spacial score (nSPS) is 15.4. The van der Waals surface area contributed by atoms with Crippen LogP contribution in [-0.2, 0) is 0 Å². The molecule has 122 valence electrons. The molecule has 1 aromatic heterocycles. The average molecular weight is 318 g/mol. The number of aromatic hydroxyl groups is 1. The number of hydrogen-bond donors (Lipinski definition) is 3. The van der Waals surface area contributed by atoms with E-state index in [4.69, 9.17) is 5.73 Å². The van der Waals surface area contributed by atoms with Crippen LogP contribution in [0.5, 0.6) is 5.75 Å². The quantitative estimate of drug-likeness (QED) is 0.779. The number of benzene rings is 1. The molecule has 0 saturated heterocycles. The van der Waals surface area contributed by atoms with Crippen molar-refractivity contribution in [1.82, 2.24) is 15.1 Å². The van der Waals surface area contributed by atoms with Crippen LogP contribution in [0.2, 0.25) is 0 Å². The van der Waals surface area contributed by atoms with Gasteiger partial charge < -0.3 is 16.2 Å². The third-order valence-electron chi connectivity index (χ3n) is 4.08. The maximum Gasteiger partial charge on any atom is 0.275 e. The molecule has 0 aliphatic heterocycles. The first-order chi connectivity index (χ1) is 11.0. The number of amides is 1. The fourth-order valence-corrected chi connectivity index (χ4v) is 2.63. The van der Waals surface area contributed by atoms with Gasteiger partial charge in [-0.1, -0.05) is 0 Å². The molecule has 6 nitrogen and oxygen atoms in total. The van der Waals surface area contributed by atoms with Gasteiger partial charge in [0.2, 0.25) is 0 Å². The number of halogens is 1. The molecule has 1 aliphatic rings. The first-order valence-corrected chi connectivity index (χ1v) is 7.55. The van der Waals surface area contributed by atoms with Gasteiger partial charge in [0.05, 0.1) is 11.9 Å². The van der Waals surface area contributed by atoms with Crippen molar-refractivity contribution < 1.29 is 14.3 Å². The Bertz CT molecular complexity index is 740. The summed E-state index contributed by atoms with van der Waals surface area (Å²) in [6.45, 7) is 2.09. The van der Waals surface area contributed by atoms with E-state index in [1.165, 1.54) is 23.0 Å². The summed E-state index contributed by atoms with van der Waals surface area (Å²) in [6, 6.07) is 4.12. The molecule has 0 radical (unpaired) electrons. The molecule has 1 amide bonds. The van der Waals surface area contributed by atoms with E-state index in [0.29, 0.717) is 23.7 Å². The summed E-state index contributed by atoms with van der Waals surface area (Å²) in [5.41, 5.74) is 6.85. The molecule has 4 N–H and O–H groups in total. The van der Waals surface area contributed by atoms with Gasteiger partial charge in [-0.05, 0) is 49.4 Å². The fourth-order valence-electron chi connectivity index (χ4n) is 2.63. The van der Waals surface area contributed by atoms with E-state index in [1.807, 2.05) is 0 Å². The summed E-state index contributed by atoms with van der Waals surface area (Å²) in [5.74, 6) is -0.621. The van der Waals surface area contributed by atoms with Crippen molar-refractivity contribution in [2.24, 2.45) is 11.7 Å². The number of nitrogens with zero attached hydrogens (tertiary/aromatic N) is 2. The van der Waals surface area contributed by atoms with Crippen LogP contribution in [0.4, 0.5) is 4.39 Å². The Labute approximate surface area is 133 Å². The molecule has 1 fully saturated rings. The third-order valence-corrected chi connectivity index (χ3v) is 4.08. The van der Waals surface area contributed by atoms with Crippen LogP contribution in [0.3, 0.4) is 0 Å². The molecule has 23 heavy (non-hydrogen) atoms. The van der Waals surface area contributed by atoms with Crippen LogP contribution in [-0.4, -0.2) is 33.4 Å².